The lowest BCUT2D eigenvalue weighted by Crippen LogP contribution is -2.46. The van der Waals surface area contributed by atoms with E-state index in [0.717, 1.165) is 10.0 Å². The summed E-state index contributed by atoms with van der Waals surface area (Å²) in [7, 11) is 1.63. The van der Waals surface area contributed by atoms with Gasteiger partial charge in [-0.25, -0.2) is 9.59 Å². The standard InChI is InChI=1S/C13H17BrN2O3/c1-3-11(12(17)18)15-13(19)16(2)8-9-5-4-6-10(14)7-9/h4-7,11H,3,8H2,1-2H3,(H,15,19)(H,17,18)/t11-/m0/s1. The van der Waals surface area contributed by atoms with Gasteiger partial charge in [0.05, 0.1) is 0 Å². The van der Waals surface area contributed by atoms with Crippen LogP contribution < -0.4 is 5.32 Å². The molecule has 104 valence electrons. The molecule has 1 aromatic carbocycles. The average Bonchev–Trinajstić information content (AvgIpc) is 2.35. The van der Waals surface area contributed by atoms with Crippen molar-refractivity contribution in [3.8, 4) is 0 Å². The van der Waals surface area contributed by atoms with Crippen molar-refractivity contribution in [1.82, 2.24) is 10.2 Å². The van der Waals surface area contributed by atoms with Crippen molar-refractivity contribution in [1.29, 1.82) is 0 Å². The summed E-state index contributed by atoms with van der Waals surface area (Å²) in [6, 6.07) is 6.37. The predicted octanol–water partition coefficient (Wildman–Crippen LogP) is 2.45. The lowest BCUT2D eigenvalue weighted by Gasteiger charge is -2.21. The topological polar surface area (TPSA) is 69.6 Å². The molecule has 0 radical (unpaired) electrons. The van der Waals surface area contributed by atoms with Gasteiger partial charge < -0.3 is 15.3 Å². The van der Waals surface area contributed by atoms with E-state index in [9.17, 15) is 9.59 Å². The summed E-state index contributed by atoms with van der Waals surface area (Å²) >= 11 is 3.36. The molecule has 0 aliphatic carbocycles. The van der Waals surface area contributed by atoms with Gasteiger partial charge in [-0.05, 0) is 24.1 Å². The number of urea groups is 1. The van der Waals surface area contributed by atoms with E-state index in [4.69, 9.17) is 5.11 Å². The maximum Gasteiger partial charge on any atom is 0.326 e. The monoisotopic (exact) mass is 328 g/mol. The van der Waals surface area contributed by atoms with Crippen molar-refractivity contribution < 1.29 is 14.7 Å². The first-order chi connectivity index (χ1) is 8.93. The molecule has 5 nitrogen and oxygen atoms in total. The van der Waals surface area contributed by atoms with Crippen LogP contribution in [0.3, 0.4) is 0 Å². The zero-order valence-electron chi connectivity index (χ0n) is 10.9. The van der Waals surface area contributed by atoms with E-state index in [1.807, 2.05) is 24.3 Å². The van der Waals surface area contributed by atoms with Crippen LogP contribution in [0.2, 0.25) is 0 Å². The highest BCUT2D eigenvalue weighted by Gasteiger charge is 2.19. The Labute approximate surface area is 120 Å². The average molecular weight is 329 g/mol. The number of aliphatic carboxylic acids is 1. The van der Waals surface area contributed by atoms with Crippen molar-refractivity contribution >= 4 is 27.9 Å². The van der Waals surface area contributed by atoms with Gasteiger partial charge in [-0.2, -0.15) is 0 Å². The Morgan fingerprint density at radius 1 is 1.47 bits per heavy atom. The Morgan fingerprint density at radius 3 is 2.68 bits per heavy atom. The lowest BCUT2D eigenvalue weighted by molar-refractivity contribution is -0.139. The molecule has 0 aliphatic heterocycles. The first-order valence-corrected chi connectivity index (χ1v) is 6.72. The molecule has 1 atom stereocenters. The molecular weight excluding hydrogens is 312 g/mol. The SMILES string of the molecule is CC[C@H](NC(=O)N(C)Cc1cccc(Br)c1)C(=O)O. The summed E-state index contributed by atoms with van der Waals surface area (Å²) in [6.07, 6.45) is 0.353. The van der Waals surface area contributed by atoms with E-state index in [2.05, 4.69) is 21.2 Å². The summed E-state index contributed by atoms with van der Waals surface area (Å²) in [5.74, 6) is -1.02. The fourth-order valence-corrected chi connectivity index (χ4v) is 2.03. The predicted molar refractivity (Wildman–Crippen MR) is 75.9 cm³/mol. The van der Waals surface area contributed by atoms with Gasteiger partial charge in [-0.1, -0.05) is 35.0 Å². The summed E-state index contributed by atoms with van der Waals surface area (Å²) in [6.45, 7) is 2.13. The second-order valence-electron chi connectivity index (χ2n) is 4.23. The van der Waals surface area contributed by atoms with Gasteiger partial charge in [0.2, 0.25) is 0 Å². The minimum Gasteiger partial charge on any atom is -0.480 e. The number of rotatable bonds is 5. The Morgan fingerprint density at radius 2 is 2.16 bits per heavy atom. The van der Waals surface area contributed by atoms with Gasteiger partial charge in [-0.15, -0.1) is 0 Å². The maximum atomic E-state index is 11.8. The Bertz CT molecular complexity index is 465. The third kappa shape index (κ3) is 4.90. The van der Waals surface area contributed by atoms with Crippen LogP contribution in [-0.2, 0) is 11.3 Å². The Hall–Kier alpha value is -1.56. The van der Waals surface area contributed by atoms with E-state index in [1.165, 1.54) is 4.90 Å². The van der Waals surface area contributed by atoms with Crippen molar-refractivity contribution in [3.05, 3.63) is 34.3 Å². The minimum atomic E-state index is -1.02. The molecule has 2 amide bonds. The Kier molecular flexibility index (Phi) is 5.82. The molecule has 0 spiro atoms. The molecule has 2 N–H and O–H groups in total. The molecule has 0 fully saturated rings. The third-order valence-corrected chi connectivity index (χ3v) is 3.15. The van der Waals surface area contributed by atoms with Crippen LogP contribution in [0.15, 0.2) is 28.7 Å². The molecule has 0 saturated carbocycles. The van der Waals surface area contributed by atoms with Gasteiger partial charge in [-0.3, -0.25) is 0 Å². The molecule has 0 aromatic heterocycles. The quantitative estimate of drug-likeness (QED) is 0.872. The highest BCUT2D eigenvalue weighted by atomic mass is 79.9. The number of carboxylic acid groups (broad SMARTS) is 1. The third-order valence-electron chi connectivity index (χ3n) is 2.66. The van der Waals surface area contributed by atoms with Crippen LogP contribution in [0.4, 0.5) is 4.79 Å². The smallest absolute Gasteiger partial charge is 0.326 e. The minimum absolute atomic E-state index is 0.353. The Balaban J connectivity index is 2.60. The van der Waals surface area contributed by atoms with Crippen molar-refractivity contribution in [2.75, 3.05) is 7.05 Å². The van der Waals surface area contributed by atoms with E-state index in [0.29, 0.717) is 13.0 Å². The molecule has 0 bridgehead atoms. The zero-order chi connectivity index (χ0) is 14.4. The number of halogens is 1. The number of benzene rings is 1. The van der Waals surface area contributed by atoms with Crippen LogP contribution in [-0.4, -0.2) is 35.1 Å². The van der Waals surface area contributed by atoms with Crippen LogP contribution in [0.25, 0.3) is 0 Å². The molecule has 0 heterocycles. The van der Waals surface area contributed by atoms with E-state index < -0.39 is 18.0 Å². The summed E-state index contributed by atoms with van der Waals surface area (Å²) in [5.41, 5.74) is 0.968. The number of carboxylic acids is 1. The number of hydrogen-bond donors (Lipinski definition) is 2. The fourth-order valence-electron chi connectivity index (χ4n) is 1.58. The fraction of sp³-hybridized carbons (Fsp3) is 0.385. The number of carbonyl (C=O) groups excluding carboxylic acids is 1. The zero-order valence-corrected chi connectivity index (χ0v) is 12.5. The molecule has 19 heavy (non-hydrogen) atoms. The van der Waals surface area contributed by atoms with Crippen molar-refractivity contribution in [3.63, 3.8) is 0 Å². The summed E-state index contributed by atoms with van der Waals surface area (Å²) in [5, 5.41) is 11.4. The van der Waals surface area contributed by atoms with Gasteiger partial charge in [0.25, 0.3) is 0 Å². The molecule has 1 aromatic rings. The molecule has 0 unspecified atom stereocenters. The molecular formula is C13H17BrN2O3. The molecule has 0 aliphatic rings. The van der Waals surface area contributed by atoms with Gasteiger partial charge in [0.1, 0.15) is 6.04 Å². The molecule has 6 heteroatoms. The highest BCUT2D eigenvalue weighted by molar-refractivity contribution is 9.10. The lowest BCUT2D eigenvalue weighted by atomic mass is 10.2. The van der Waals surface area contributed by atoms with Crippen LogP contribution in [0, 0.1) is 0 Å². The summed E-state index contributed by atoms with van der Waals surface area (Å²) in [4.78, 5) is 24.1. The van der Waals surface area contributed by atoms with Crippen LogP contribution in [0.5, 0.6) is 0 Å². The second-order valence-corrected chi connectivity index (χ2v) is 5.15. The van der Waals surface area contributed by atoms with Crippen molar-refractivity contribution in [2.45, 2.75) is 25.9 Å². The normalized spacial score (nSPS) is 11.7. The first kappa shape index (κ1) is 15.5. The van der Waals surface area contributed by atoms with E-state index >= 15 is 0 Å². The number of nitrogens with one attached hydrogen (secondary N) is 1. The summed E-state index contributed by atoms with van der Waals surface area (Å²) < 4.78 is 0.941. The molecule has 0 saturated heterocycles. The second kappa shape index (κ2) is 7.13. The van der Waals surface area contributed by atoms with Gasteiger partial charge in [0, 0.05) is 18.1 Å². The number of amides is 2. The largest absolute Gasteiger partial charge is 0.480 e. The van der Waals surface area contributed by atoms with E-state index in [1.54, 1.807) is 14.0 Å². The van der Waals surface area contributed by atoms with Crippen LogP contribution >= 0.6 is 15.9 Å². The van der Waals surface area contributed by atoms with Crippen LogP contribution in [0.1, 0.15) is 18.9 Å². The maximum absolute atomic E-state index is 11.8. The van der Waals surface area contributed by atoms with Crippen molar-refractivity contribution in [2.24, 2.45) is 0 Å². The first-order valence-electron chi connectivity index (χ1n) is 5.93. The van der Waals surface area contributed by atoms with E-state index in [-0.39, 0.29) is 0 Å². The molecule has 1 rings (SSSR count). The van der Waals surface area contributed by atoms with Gasteiger partial charge in [0.15, 0.2) is 0 Å². The highest BCUT2D eigenvalue weighted by Crippen LogP contribution is 2.13. The number of hydrogen-bond acceptors (Lipinski definition) is 2. The number of carbonyl (C=O) groups is 2. The van der Waals surface area contributed by atoms with Gasteiger partial charge >= 0.3 is 12.0 Å². The number of nitrogens with zero attached hydrogens (tertiary/aromatic N) is 1.